The summed E-state index contributed by atoms with van der Waals surface area (Å²) in [5, 5.41) is 23.8. The molecule has 0 unspecified atom stereocenters. The van der Waals surface area contributed by atoms with Crippen molar-refractivity contribution in [1.82, 2.24) is 19.6 Å². The molecule has 47 heavy (non-hydrogen) atoms. The summed E-state index contributed by atoms with van der Waals surface area (Å²) >= 11 is 3.40. The molecule has 236 valence electrons. The third-order valence-electron chi connectivity index (χ3n) is 7.16. The van der Waals surface area contributed by atoms with Crippen LogP contribution in [-0.4, -0.2) is 31.1 Å². The smallest absolute Gasteiger partial charge is 0.293 e. The largest absolute Gasteiger partial charge is 0.299 e. The highest BCUT2D eigenvalue weighted by Gasteiger charge is 2.14. The summed E-state index contributed by atoms with van der Waals surface area (Å²) in [5.74, 6) is 1.74. The molecule has 0 saturated carbocycles. The van der Waals surface area contributed by atoms with Gasteiger partial charge >= 0.3 is 0 Å². The van der Waals surface area contributed by atoms with Gasteiger partial charge < -0.3 is 0 Å². The molecule has 0 fully saturated rings. The van der Waals surface area contributed by atoms with Crippen LogP contribution in [0, 0.1) is 13.8 Å². The van der Waals surface area contributed by atoms with Gasteiger partial charge in [-0.15, -0.1) is 44.0 Å². The first-order valence-electron chi connectivity index (χ1n) is 15.0. The van der Waals surface area contributed by atoms with Crippen molar-refractivity contribution < 1.29 is 0 Å². The van der Waals surface area contributed by atoms with Crippen LogP contribution in [0.2, 0.25) is 0 Å². The van der Waals surface area contributed by atoms with Crippen molar-refractivity contribution in [2.45, 2.75) is 30.1 Å². The Balaban J connectivity index is 1.07. The number of nitrogens with zero attached hydrogens (tertiary/aromatic N) is 6. The normalized spacial score (nSPS) is 11.6. The van der Waals surface area contributed by atoms with E-state index >= 15 is 0 Å². The number of azo groups is 2. The minimum absolute atomic E-state index is 0.244. The number of benzene rings is 4. The quantitative estimate of drug-likeness (QED) is 0.0771. The molecule has 2 aromatic heterocycles. The van der Waals surface area contributed by atoms with E-state index in [-0.39, 0.29) is 22.5 Å². The van der Waals surface area contributed by atoms with Crippen LogP contribution in [0.5, 0.6) is 0 Å². The molecular formula is C35H32N8O2S2. The molecule has 6 rings (SSSR count). The molecular weight excluding hydrogens is 629 g/mol. The van der Waals surface area contributed by atoms with Crippen molar-refractivity contribution in [3.8, 4) is 11.4 Å². The third kappa shape index (κ3) is 7.45. The average molecular weight is 661 g/mol. The van der Waals surface area contributed by atoms with Crippen molar-refractivity contribution in [2.24, 2.45) is 20.5 Å². The van der Waals surface area contributed by atoms with Gasteiger partial charge in [-0.05, 0) is 80.3 Å². The number of hydrogen-bond acceptors (Lipinski definition) is 8. The van der Waals surface area contributed by atoms with E-state index < -0.39 is 0 Å². The van der Waals surface area contributed by atoms with Crippen LogP contribution in [0.3, 0.4) is 0 Å². The lowest BCUT2D eigenvalue weighted by molar-refractivity contribution is 0.835. The molecule has 10 nitrogen and oxygen atoms in total. The van der Waals surface area contributed by atoms with Crippen molar-refractivity contribution in [2.75, 3.05) is 11.5 Å². The first kappa shape index (κ1) is 31.8. The zero-order valence-electron chi connectivity index (χ0n) is 25.8. The Morgan fingerprint density at radius 3 is 1.34 bits per heavy atom. The molecule has 0 amide bonds. The van der Waals surface area contributed by atoms with Crippen LogP contribution in [0.1, 0.15) is 17.8 Å². The first-order chi connectivity index (χ1) is 23.0. The molecule has 0 bridgehead atoms. The van der Waals surface area contributed by atoms with Crippen LogP contribution in [0.25, 0.3) is 11.4 Å². The Morgan fingerprint density at radius 2 is 0.915 bits per heavy atom. The van der Waals surface area contributed by atoms with Gasteiger partial charge in [0.1, 0.15) is 0 Å². The fourth-order valence-electron chi connectivity index (χ4n) is 4.78. The van der Waals surface area contributed by atoms with Crippen LogP contribution in [0.4, 0.5) is 22.7 Å². The lowest BCUT2D eigenvalue weighted by Crippen LogP contribution is -2.13. The second-order valence-corrected chi connectivity index (χ2v) is 12.8. The van der Waals surface area contributed by atoms with Crippen molar-refractivity contribution in [3.05, 3.63) is 141 Å². The van der Waals surface area contributed by atoms with Gasteiger partial charge in [-0.2, -0.15) is 0 Å². The monoisotopic (exact) mass is 660 g/mol. The zero-order valence-corrected chi connectivity index (χ0v) is 27.5. The van der Waals surface area contributed by atoms with E-state index in [1.54, 1.807) is 23.5 Å². The topological polar surface area (TPSA) is 125 Å². The van der Waals surface area contributed by atoms with E-state index in [9.17, 15) is 9.59 Å². The summed E-state index contributed by atoms with van der Waals surface area (Å²) in [6, 6.07) is 34.4. The average Bonchev–Trinajstić information content (AvgIpc) is 3.56. The van der Waals surface area contributed by atoms with Gasteiger partial charge in [-0.3, -0.25) is 19.8 Å². The zero-order chi connectivity index (χ0) is 32.6. The van der Waals surface area contributed by atoms with E-state index in [0.717, 1.165) is 39.1 Å². The van der Waals surface area contributed by atoms with Crippen LogP contribution in [-0.2, 0) is 0 Å². The molecule has 6 aromatic rings. The highest BCUT2D eigenvalue weighted by Crippen LogP contribution is 2.34. The SMILES string of the molecule is Cc1[nH]n(-c2ccccc2)c(=O)c1N=Nc1ccccc1SCCCSc1ccccc1N=Nc1c(C)[nH]n(-c2ccccc2)c1=O. The molecule has 2 heterocycles. The minimum atomic E-state index is -0.244. The molecule has 12 heteroatoms. The molecule has 0 atom stereocenters. The van der Waals surface area contributed by atoms with E-state index in [4.69, 9.17) is 0 Å². The van der Waals surface area contributed by atoms with Gasteiger partial charge in [-0.25, -0.2) is 9.36 Å². The summed E-state index contributed by atoms with van der Waals surface area (Å²) in [4.78, 5) is 28.0. The number of nitrogens with one attached hydrogen (secondary N) is 2. The number of para-hydroxylation sites is 2. The van der Waals surface area contributed by atoms with E-state index in [2.05, 4.69) is 30.7 Å². The van der Waals surface area contributed by atoms with Gasteiger partial charge in [0, 0.05) is 9.79 Å². The van der Waals surface area contributed by atoms with E-state index in [1.807, 2.05) is 123 Å². The number of aryl methyl sites for hydroxylation is 2. The molecule has 2 N–H and O–H groups in total. The Kier molecular flexibility index (Phi) is 10.1. The van der Waals surface area contributed by atoms with Crippen LogP contribution >= 0.6 is 23.5 Å². The Labute approximate surface area is 279 Å². The molecule has 4 aromatic carbocycles. The molecule has 0 spiro atoms. The summed E-state index contributed by atoms with van der Waals surface area (Å²) < 4.78 is 2.95. The van der Waals surface area contributed by atoms with Gasteiger partial charge in [0.25, 0.3) is 11.1 Å². The molecule has 0 radical (unpaired) electrons. The fraction of sp³-hybridized carbons (Fsp3) is 0.143. The number of H-pyrrole nitrogens is 2. The second-order valence-electron chi connectivity index (χ2n) is 10.5. The fourth-order valence-corrected chi connectivity index (χ4v) is 6.85. The number of thioether (sulfide) groups is 2. The number of aromatic amines is 2. The Morgan fingerprint density at radius 1 is 0.532 bits per heavy atom. The molecule has 0 aliphatic heterocycles. The molecule has 0 aliphatic rings. The highest BCUT2D eigenvalue weighted by atomic mass is 32.2. The highest BCUT2D eigenvalue weighted by molar-refractivity contribution is 8.00. The maximum Gasteiger partial charge on any atom is 0.299 e. The molecule has 0 saturated heterocycles. The summed E-state index contributed by atoms with van der Waals surface area (Å²) in [6.45, 7) is 3.63. The third-order valence-corrected chi connectivity index (χ3v) is 9.46. The lowest BCUT2D eigenvalue weighted by atomic mass is 10.3. The van der Waals surface area contributed by atoms with Crippen LogP contribution in [0.15, 0.2) is 149 Å². The summed E-state index contributed by atoms with van der Waals surface area (Å²) in [7, 11) is 0. The van der Waals surface area contributed by atoms with Gasteiger partial charge in [0.05, 0.1) is 34.1 Å². The second kappa shape index (κ2) is 14.9. The lowest BCUT2D eigenvalue weighted by Gasteiger charge is -2.06. The summed E-state index contributed by atoms with van der Waals surface area (Å²) in [6.07, 6.45) is 0.934. The standard InChI is InChI=1S/C35H32N8O2S2/c1-24-32(34(44)42(40-24)26-14-5-3-6-15-26)38-36-28-18-9-11-20-30(28)46-22-13-23-47-31-21-12-10-19-29(31)37-39-33-25(2)41-43(35(33)45)27-16-7-4-8-17-27/h3-12,14-21,40-41H,13,22-23H2,1-2H3. The Bertz CT molecular complexity index is 1990. The number of rotatable bonds is 12. The van der Waals surface area contributed by atoms with E-state index in [1.165, 1.54) is 9.36 Å². The number of aromatic nitrogens is 4. The minimum Gasteiger partial charge on any atom is -0.293 e. The van der Waals surface area contributed by atoms with Crippen molar-refractivity contribution in [1.29, 1.82) is 0 Å². The van der Waals surface area contributed by atoms with Gasteiger partial charge in [-0.1, -0.05) is 60.7 Å². The first-order valence-corrected chi connectivity index (χ1v) is 17.0. The number of hydrogen-bond donors (Lipinski definition) is 2. The van der Waals surface area contributed by atoms with Crippen molar-refractivity contribution in [3.63, 3.8) is 0 Å². The van der Waals surface area contributed by atoms with Crippen LogP contribution < -0.4 is 11.1 Å². The van der Waals surface area contributed by atoms with Gasteiger partial charge in [0.15, 0.2) is 11.4 Å². The van der Waals surface area contributed by atoms with E-state index in [0.29, 0.717) is 22.8 Å². The predicted octanol–water partition coefficient (Wildman–Crippen LogP) is 9.37. The summed E-state index contributed by atoms with van der Waals surface area (Å²) in [5.41, 5.74) is 4.30. The predicted molar refractivity (Wildman–Crippen MR) is 190 cm³/mol. The molecule has 0 aliphatic carbocycles. The van der Waals surface area contributed by atoms with Crippen molar-refractivity contribution >= 4 is 46.3 Å². The van der Waals surface area contributed by atoms with Gasteiger partial charge in [0.2, 0.25) is 0 Å². The maximum absolute atomic E-state index is 13.0. The Hall–Kier alpha value is -5.20. The maximum atomic E-state index is 13.0.